The standard InChI is InChI=1S/C31H23N3O2/c1-33-24-10-5-9-22(19-24)27-30-25(15-18-34-27)28(35)26(29(36-30)21-7-3-2-4-8-21)20-11-13-23(14-12-20)31(32)16-6-17-31/h2-5,7-15,18-19H,6,16-17,32H2. The molecule has 5 aromatic rings. The molecule has 6 rings (SSSR count). The molecule has 174 valence electrons. The van der Waals surface area contributed by atoms with Crippen molar-refractivity contribution in [3.05, 3.63) is 118 Å². The number of fused-ring (bicyclic) bond motifs is 1. The predicted molar refractivity (Wildman–Crippen MR) is 143 cm³/mol. The van der Waals surface area contributed by atoms with Crippen LogP contribution < -0.4 is 11.2 Å². The minimum absolute atomic E-state index is 0.126. The van der Waals surface area contributed by atoms with E-state index in [0.717, 1.165) is 41.5 Å². The summed E-state index contributed by atoms with van der Waals surface area (Å²) in [4.78, 5) is 22.1. The summed E-state index contributed by atoms with van der Waals surface area (Å²) in [7, 11) is 0. The average molecular weight is 470 g/mol. The molecule has 0 saturated heterocycles. The first-order valence-corrected chi connectivity index (χ1v) is 12.0. The van der Waals surface area contributed by atoms with Crippen LogP contribution in [0.4, 0.5) is 5.69 Å². The van der Waals surface area contributed by atoms with E-state index in [0.29, 0.717) is 33.7 Å². The van der Waals surface area contributed by atoms with Crippen molar-refractivity contribution in [2.75, 3.05) is 0 Å². The molecule has 36 heavy (non-hydrogen) atoms. The topological polar surface area (TPSA) is 73.5 Å². The highest BCUT2D eigenvalue weighted by Crippen LogP contribution is 2.40. The van der Waals surface area contributed by atoms with Gasteiger partial charge in [-0.3, -0.25) is 9.78 Å². The molecule has 0 amide bonds. The highest BCUT2D eigenvalue weighted by molar-refractivity contribution is 5.95. The average Bonchev–Trinajstić information content (AvgIpc) is 2.92. The van der Waals surface area contributed by atoms with Crippen molar-refractivity contribution in [3.63, 3.8) is 0 Å². The van der Waals surface area contributed by atoms with Crippen molar-refractivity contribution >= 4 is 16.7 Å². The fourth-order valence-corrected chi connectivity index (χ4v) is 4.92. The first-order valence-electron chi connectivity index (χ1n) is 12.0. The Hall–Kier alpha value is -4.53. The van der Waals surface area contributed by atoms with Gasteiger partial charge in [0.05, 0.1) is 17.5 Å². The zero-order valence-corrected chi connectivity index (χ0v) is 19.6. The molecule has 2 heterocycles. The Bertz CT molecular complexity index is 1690. The van der Waals surface area contributed by atoms with Crippen LogP contribution in [0.25, 0.3) is 49.5 Å². The van der Waals surface area contributed by atoms with E-state index in [4.69, 9.17) is 16.7 Å². The van der Waals surface area contributed by atoms with Crippen LogP contribution in [0.15, 0.2) is 100 Å². The van der Waals surface area contributed by atoms with Crippen LogP contribution in [0.2, 0.25) is 0 Å². The van der Waals surface area contributed by atoms with E-state index >= 15 is 0 Å². The molecule has 1 fully saturated rings. The highest BCUT2D eigenvalue weighted by Gasteiger charge is 2.34. The second kappa shape index (κ2) is 8.60. The summed E-state index contributed by atoms with van der Waals surface area (Å²) in [5.41, 5.74) is 11.5. The summed E-state index contributed by atoms with van der Waals surface area (Å²) in [5.74, 6) is 0.488. The van der Waals surface area contributed by atoms with Gasteiger partial charge in [-0.05, 0) is 48.1 Å². The Kier molecular flexibility index (Phi) is 5.25. The first kappa shape index (κ1) is 22.0. The van der Waals surface area contributed by atoms with Crippen LogP contribution in [0.3, 0.4) is 0 Å². The van der Waals surface area contributed by atoms with Crippen LogP contribution in [-0.4, -0.2) is 4.98 Å². The number of rotatable bonds is 4. The molecule has 0 aliphatic heterocycles. The number of benzene rings is 3. The van der Waals surface area contributed by atoms with Crippen LogP contribution in [-0.2, 0) is 5.54 Å². The van der Waals surface area contributed by atoms with Crippen molar-refractivity contribution < 1.29 is 4.42 Å². The SMILES string of the molecule is [C-]#[N+]c1cccc(-c2nccc3c(=O)c(-c4ccc(C5(N)CCC5)cc4)c(-c4ccccc4)oc23)c1. The van der Waals surface area contributed by atoms with Crippen molar-refractivity contribution in [3.8, 4) is 33.7 Å². The second-order valence-electron chi connectivity index (χ2n) is 9.29. The van der Waals surface area contributed by atoms with E-state index < -0.39 is 0 Å². The maximum Gasteiger partial charge on any atom is 0.201 e. The lowest BCUT2D eigenvalue weighted by atomic mass is 9.72. The quantitative estimate of drug-likeness (QED) is 0.286. The summed E-state index contributed by atoms with van der Waals surface area (Å²) in [6, 6.07) is 26.5. The molecule has 5 heteroatoms. The fraction of sp³-hybridized carbons (Fsp3) is 0.129. The van der Waals surface area contributed by atoms with Crippen LogP contribution in [0, 0.1) is 6.57 Å². The third-order valence-corrected chi connectivity index (χ3v) is 7.09. The lowest BCUT2D eigenvalue weighted by Gasteiger charge is -2.38. The van der Waals surface area contributed by atoms with Crippen molar-refractivity contribution in [2.24, 2.45) is 5.73 Å². The Morgan fingerprint density at radius 3 is 2.33 bits per heavy atom. The lowest BCUT2D eigenvalue weighted by Crippen LogP contribution is -2.43. The van der Waals surface area contributed by atoms with E-state index in [2.05, 4.69) is 9.83 Å². The molecule has 5 nitrogen and oxygen atoms in total. The van der Waals surface area contributed by atoms with E-state index in [9.17, 15) is 4.79 Å². The lowest BCUT2D eigenvalue weighted by molar-refractivity contribution is 0.253. The predicted octanol–water partition coefficient (Wildman–Crippen LogP) is 7.08. The van der Waals surface area contributed by atoms with Crippen molar-refractivity contribution in [1.29, 1.82) is 0 Å². The minimum atomic E-state index is -0.269. The molecule has 3 aromatic carbocycles. The van der Waals surface area contributed by atoms with E-state index in [-0.39, 0.29) is 11.0 Å². The summed E-state index contributed by atoms with van der Waals surface area (Å²) in [6.45, 7) is 7.36. The third-order valence-electron chi connectivity index (χ3n) is 7.09. The number of nitrogens with zero attached hydrogens (tertiary/aromatic N) is 2. The zero-order chi connectivity index (χ0) is 24.7. The van der Waals surface area contributed by atoms with Crippen molar-refractivity contribution in [1.82, 2.24) is 4.98 Å². The zero-order valence-electron chi connectivity index (χ0n) is 19.6. The fourth-order valence-electron chi connectivity index (χ4n) is 4.92. The van der Waals surface area contributed by atoms with Gasteiger partial charge in [0.2, 0.25) is 5.43 Å². The molecule has 2 aromatic heterocycles. The molecule has 0 spiro atoms. The molecule has 1 saturated carbocycles. The van der Waals surface area contributed by atoms with Crippen LogP contribution in [0.1, 0.15) is 24.8 Å². The molecule has 0 atom stereocenters. The van der Waals surface area contributed by atoms with Crippen LogP contribution in [0.5, 0.6) is 0 Å². The van der Waals surface area contributed by atoms with Gasteiger partial charge in [0.1, 0.15) is 11.5 Å². The van der Waals surface area contributed by atoms with Gasteiger partial charge in [-0.25, -0.2) is 4.85 Å². The highest BCUT2D eigenvalue weighted by atomic mass is 16.3. The number of hydrogen-bond acceptors (Lipinski definition) is 4. The molecular weight excluding hydrogens is 446 g/mol. The first-order chi connectivity index (χ1) is 17.6. The minimum Gasteiger partial charge on any atom is -0.453 e. The molecule has 0 bridgehead atoms. The molecule has 0 radical (unpaired) electrons. The van der Waals surface area contributed by atoms with Gasteiger partial charge in [0.25, 0.3) is 0 Å². The Balaban J connectivity index is 1.61. The molecule has 1 aliphatic carbocycles. The Morgan fingerprint density at radius 2 is 1.64 bits per heavy atom. The van der Waals surface area contributed by atoms with Crippen LogP contribution >= 0.6 is 0 Å². The molecule has 0 unspecified atom stereocenters. The molecule has 2 N–H and O–H groups in total. The monoisotopic (exact) mass is 469 g/mol. The number of nitrogens with two attached hydrogens (primary N) is 1. The second-order valence-corrected chi connectivity index (χ2v) is 9.29. The van der Waals surface area contributed by atoms with Gasteiger partial charge in [0.15, 0.2) is 11.3 Å². The number of aromatic nitrogens is 1. The summed E-state index contributed by atoms with van der Waals surface area (Å²) < 4.78 is 6.54. The van der Waals surface area contributed by atoms with Gasteiger partial charge >= 0.3 is 0 Å². The number of hydrogen-bond donors (Lipinski definition) is 1. The number of pyridine rings is 1. The van der Waals surface area contributed by atoms with Gasteiger partial charge < -0.3 is 10.2 Å². The van der Waals surface area contributed by atoms with Gasteiger partial charge in [-0.2, -0.15) is 0 Å². The van der Waals surface area contributed by atoms with E-state index in [1.165, 1.54) is 0 Å². The third kappa shape index (κ3) is 3.60. The summed E-state index contributed by atoms with van der Waals surface area (Å²) >= 11 is 0. The van der Waals surface area contributed by atoms with E-state index in [1.54, 1.807) is 24.4 Å². The normalized spacial score (nSPS) is 14.2. The van der Waals surface area contributed by atoms with Gasteiger partial charge in [0, 0.05) is 17.3 Å². The van der Waals surface area contributed by atoms with Crippen molar-refractivity contribution in [2.45, 2.75) is 24.8 Å². The summed E-state index contributed by atoms with van der Waals surface area (Å²) in [6.07, 6.45) is 4.71. The Morgan fingerprint density at radius 1 is 0.889 bits per heavy atom. The van der Waals surface area contributed by atoms with E-state index in [1.807, 2.05) is 66.7 Å². The maximum atomic E-state index is 14.0. The molecule has 1 aliphatic rings. The summed E-state index contributed by atoms with van der Waals surface area (Å²) in [5, 5.41) is 0.446. The molecular formula is C31H23N3O2. The van der Waals surface area contributed by atoms with Gasteiger partial charge in [-0.15, -0.1) is 0 Å². The maximum absolute atomic E-state index is 14.0. The largest absolute Gasteiger partial charge is 0.453 e. The Labute approximate surface area is 208 Å². The van der Waals surface area contributed by atoms with Gasteiger partial charge in [-0.1, -0.05) is 72.8 Å². The smallest absolute Gasteiger partial charge is 0.201 e.